The van der Waals surface area contributed by atoms with E-state index in [9.17, 15) is 31.2 Å². The molecule has 0 atom stereocenters. The molecule has 0 radical (unpaired) electrons. The van der Waals surface area contributed by atoms with Crippen LogP contribution in [0.5, 0.6) is 0 Å². The monoisotopic (exact) mass is 482 g/mol. The Kier molecular flexibility index (Phi) is 7.59. The Bertz CT molecular complexity index is 1130. The van der Waals surface area contributed by atoms with Crippen molar-refractivity contribution < 1.29 is 31.2 Å². The number of nitrogens with one attached hydrogen (secondary N) is 4. The first-order valence-electron chi connectivity index (χ1n) is 9.10. The number of urea groups is 2. The van der Waals surface area contributed by atoms with Crippen molar-refractivity contribution in [1.82, 2.24) is 20.1 Å². The molecule has 0 spiro atoms. The van der Waals surface area contributed by atoms with Crippen LogP contribution in [0.25, 0.3) is 0 Å². The van der Waals surface area contributed by atoms with Crippen LogP contribution in [0.4, 0.5) is 9.59 Å². The predicted octanol–water partition coefficient (Wildman–Crippen LogP) is 0.895. The summed E-state index contributed by atoms with van der Waals surface area (Å²) < 4.78 is 52.5. The number of carbonyl (C=O) groups is 3. The summed E-state index contributed by atoms with van der Waals surface area (Å²) >= 11 is 0. The number of ketones is 1. The van der Waals surface area contributed by atoms with Crippen molar-refractivity contribution in [3.63, 3.8) is 0 Å². The average Bonchev–Trinajstić information content (AvgIpc) is 2.67. The van der Waals surface area contributed by atoms with Gasteiger partial charge < -0.3 is 10.6 Å². The number of Topliss-reactive ketones (excluding diaryl/α,β-unsaturated/α-hetero) is 1. The van der Waals surface area contributed by atoms with E-state index >= 15 is 0 Å². The van der Waals surface area contributed by atoms with Crippen LogP contribution >= 0.6 is 0 Å². The zero-order chi connectivity index (χ0) is 24.1. The van der Waals surface area contributed by atoms with E-state index in [1.165, 1.54) is 48.5 Å². The number of aryl methyl sites for hydroxylation is 2. The van der Waals surface area contributed by atoms with E-state index in [0.717, 1.165) is 18.1 Å². The molecule has 0 heterocycles. The van der Waals surface area contributed by atoms with Crippen LogP contribution in [-0.4, -0.2) is 40.8 Å². The number of benzene rings is 2. The summed E-state index contributed by atoms with van der Waals surface area (Å²) in [5, 5.41) is 3.94. The molecule has 13 heteroatoms. The fourth-order valence-corrected chi connectivity index (χ4v) is 4.19. The van der Waals surface area contributed by atoms with Crippen molar-refractivity contribution in [2.45, 2.75) is 36.7 Å². The van der Waals surface area contributed by atoms with Gasteiger partial charge in [0.25, 0.3) is 20.0 Å². The van der Waals surface area contributed by atoms with Gasteiger partial charge in [-0.15, -0.1) is 0 Å². The quantitative estimate of drug-likeness (QED) is 0.425. The van der Waals surface area contributed by atoms with Gasteiger partial charge in [-0.25, -0.2) is 35.9 Å². The van der Waals surface area contributed by atoms with Crippen molar-refractivity contribution in [3.8, 4) is 0 Å². The summed E-state index contributed by atoms with van der Waals surface area (Å²) in [5.41, 5.74) is 1.61. The Morgan fingerprint density at radius 1 is 0.656 bits per heavy atom. The van der Waals surface area contributed by atoms with Crippen molar-refractivity contribution in [3.05, 3.63) is 59.7 Å². The van der Waals surface area contributed by atoms with Crippen LogP contribution in [0.2, 0.25) is 0 Å². The van der Waals surface area contributed by atoms with Crippen LogP contribution in [0.15, 0.2) is 58.3 Å². The molecule has 0 bridgehead atoms. The zero-order valence-corrected chi connectivity index (χ0v) is 19.0. The largest absolute Gasteiger partial charge is 0.330 e. The maximum atomic E-state index is 12.3. The summed E-state index contributed by atoms with van der Waals surface area (Å²) in [6, 6.07) is 8.68. The number of carbonyl (C=O) groups excluding carboxylic acids is 3. The maximum absolute atomic E-state index is 12.3. The summed E-state index contributed by atoms with van der Waals surface area (Å²) in [7, 11) is -8.48. The van der Waals surface area contributed by atoms with Crippen LogP contribution in [0.3, 0.4) is 0 Å². The third-order valence-electron chi connectivity index (χ3n) is 4.07. The SMILES string of the molecule is CC(=O)C(NC(=O)NS(=O)(=O)c1ccc(C)cc1)NC(=O)NS(=O)(=O)c1ccc(C)cc1. The standard InChI is InChI=1S/C19H22N4O7S2/c1-12-4-8-15(9-5-12)31(27,28)22-18(25)20-17(14(3)24)21-19(26)23-32(29,30)16-10-6-13(2)7-11-16/h4-11,17H,1-3H3,(H2,20,22,25)(H2,21,23,26). The molecule has 0 saturated heterocycles. The van der Waals surface area contributed by atoms with Crippen molar-refractivity contribution in [2.24, 2.45) is 0 Å². The first kappa shape index (κ1) is 24.8. The first-order valence-corrected chi connectivity index (χ1v) is 12.1. The third-order valence-corrected chi connectivity index (χ3v) is 6.77. The number of sulfonamides is 2. The fraction of sp³-hybridized carbons (Fsp3) is 0.211. The molecule has 0 aliphatic heterocycles. The van der Waals surface area contributed by atoms with Gasteiger partial charge in [-0.3, -0.25) is 4.79 Å². The molecule has 4 N–H and O–H groups in total. The van der Waals surface area contributed by atoms with Crippen LogP contribution in [-0.2, 0) is 24.8 Å². The number of rotatable bonds is 7. The molecular formula is C19H22N4O7S2. The number of amides is 4. The van der Waals surface area contributed by atoms with Crippen molar-refractivity contribution in [1.29, 1.82) is 0 Å². The molecule has 0 unspecified atom stereocenters. The minimum absolute atomic E-state index is 0.187. The molecule has 2 aromatic carbocycles. The highest BCUT2D eigenvalue weighted by atomic mass is 32.2. The summed E-state index contributed by atoms with van der Waals surface area (Å²) in [5.74, 6) is -0.782. The Morgan fingerprint density at radius 3 is 1.25 bits per heavy atom. The molecule has 2 aromatic rings. The lowest BCUT2D eigenvalue weighted by molar-refractivity contribution is -0.119. The maximum Gasteiger partial charge on any atom is 0.330 e. The van der Waals surface area contributed by atoms with E-state index in [1.54, 1.807) is 23.3 Å². The molecule has 2 rings (SSSR count). The van der Waals surface area contributed by atoms with Gasteiger partial charge in [-0.2, -0.15) is 0 Å². The Balaban J connectivity index is 2.04. The van der Waals surface area contributed by atoms with Gasteiger partial charge in [-0.1, -0.05) is 35.4 Å². The minimum Gasteiger partial charge on any atom is -0.310 e. The molecule has 172 valence electrons. The number of hydrogen-bond donors (Lipinski definition) is 4. The Hall–Kier alpha value is -3.45. The Morgan fingerprint density at radius 2 is 0.969 bits per heavy atom. The second-order valence-corrected chi connectivity index (χ2v) is 10.2. The van der Waals surface area contributed by atoms with Crippen LogP contribution in [0.1, 0.15) is 18.1 Å². The van der Waals surface area contributed by atoms with Crippen LogP contribution in [0, 0.1) is 13.8 Å². The van der Waals surface area contributed by atoms with Gasteiger partial charge in [0.15, 0.2) is 11.9 Å². The lowest BCUT2D eigenvalue weighted by Gasteiger charge is -2.18. The van der Waals surface area contributed by atoms with Gasteiger partial charge in [0.2, 0.25) is 0 Å². The van der Waals surface area contributed by atoms with Gasteiger partial charge >= 0.3 is 12.1 Å². The lowest BCUT2D eigenvalue weighted by atomic mass is 10.2. The van der Waals surface area contributed by atoms with E-state index in [1.807, 2.05) is 10.6 Å². The normalized spacial score (nSPS) is 11.5. The molecule has 0 fully saturated rings. The van der Waals surface area contributed by atoms with E-state index in [2.05, 4.69) is 0 Å². The van der Waals surface area contributed by atoms with E-state index in [0.29, 0.717) is 0 Å². The topological polar surface area (TPSA) is 168 Å². The summed E-state index contributed by atoms with van der Waals surface area (Å²) in [4.78, 5) is 35.6. The Labute approximate surface area is 185 Å². The van der Waals surface area contributed by atoms with Gasteiger partial charge in [0, 0.05) is 0 Å². The predicted molar refractivity (Wildman–Crippen MR) is 115 cm³/mol. The number of hydrogen-bond acceptors (Lipinski definition) is 7. The molecule has 0 aliphatic rings. The molecule has 32 heavy (non-hydrogen) atoms. The summed E-state index contributed by atoms with van der Waals surface area (Å²) in [6.45, 7) is 4.52. The first-order chi connectivity index (χ1) is 14.8. The van der Waals surface area contributed by atoms with Crippen LogP contribution < -0.4 is 20.1 Å². The highest BCUT2D eigenvalue weighted by molar-refractivity contribution is 7.90. The molecule has 4 amide bonds. The highest BCUT2D eigenvalue weighted by Gasteiger charge is 2.25. The van der Waals surface area contributed by atoms with Gasteiger partial charge in [0.05, 0.1) is 9.79 Å². The molecule has 0 aromatic heterocycles. The molecule has 0 aliphatic carbocycles. The molecule has 0 saturated carbocycles. The summed E-state index contributed by atoms with van der Waals surface area (Å²) in [6.07, 6.45) is -1.70. The average molecular weight is 483 g/mol. The smallest absolute Gasteiger partial charge is 0.310 e. The second-order valence-electron chi connectivity index (χ2n) is 6.83. The van der Waals surface area contributed by atoms with E-state index in [4.69, 9.17) is 0 Å². The minimum atomic E-state index is -4.24. The molecule has 11 nitrogen and oxygen atoms in total. The zero-order valence-electron chi connectivity index (χ0n) is 17.4. The van der Waals surface area contributed by atoms with E-state index in [-0.39, 0.29) is 9.79 Å². The lowest BCUT2D eigenvalue weighted by Crippen LogP contribution is -2.57. The fourth-order valence-electron chi connectivity index (χ4n) is 2.36. The van der Waals surface area contributed by atoms with Crippen molar-refractivity contribution in [2.75, 3.05) is 0 Å². The van der Waals surface area contributed by atoms with E-state index < -0.39 is 44.1 Å². The third kappa shape index (κ3) is 6.78. The van der Waals surface area contributed by atoms with Gasteiger partial charge in [-0.05, 0) is 45.0 Å². The van der Waals surface area contributed by atoms with Crippen molar-refractivity contribution >= 4 is 37.9 Å². The highest BCUT2D eigenvalue weighted by Crippen LogP contribution is 2.10. The molecular weight excluding hydrogens is 460 g/mol. The second kappa shape index (κ2) is 9.78. The van der Waals surface area contributed by atoms with Gasteiger partial charge in [0.1, 0.15) is 0 Å².